The largest absolute Gasteiger partial charge is 0.417 e. The minimum absolute atomic E-state index is 0.101. The number of amides is 1. The average Bonchev–Trinajstić information content (AvgIpc) is 2.88. The first-order valence-corrected chi connectivity index (χ1v) is 11.7. The first kappa shape index (κ1) is 23.3. The highest BCUT2D eigenvalue weighted by molar-refractivity contribution is 5.84. The van der Waals surface area contributed by atoms with Gasteiger partial charge in [0.05, 0.1) is 17.6 Å². The van der Waals surface area contributed by atoms with E-state index in [0.717, 1.165) is 29.6 Å². The molecule has 0 unspecified atom stereocenters. The second-order valence-corrected chi connectivity index (χ2v) is 8.90. The first-order chi connectivity index (χ1) is 16.9. The molecule has 2 aliphatic heterocycles. The number of carbonyl (C=O) groups excluding carboxylic acids is 1. The molecule has 5 rings (SSSR count). The Balaban J connectivity index is 1.12. The molecule has 0 aliphatic carbocycles. The lowest BCUT2D eigenvalue weighted by molar-refractivity contribution is -0.137. The SMILES string of the molecule is O=C(CN1CCN(c2ccc(C(F)(F)F)cn2)CC1)N1CC=C(c2ccc3ncccc3c2)CC1. The number of piperazine rings is 1. The fourth-order valence-electron chi connectivity index (χ4n) is 4.60. The van der Waals surface area contributed by atoms with Gasteiger partial charge in [0.15, 0.2) is 0 Å². The third-order valence-corrected chi connectivity index (χ3v) is 6.67. The Hall–Kier alpha value is -3.46. The first-order valence-electron chi connectivity index (χ1n) is 11.7. The molecule has 3 aromatic rings. The number of hydrogen-bond donors (Lipinski definition) is 0. The second kappa shape index (κ2) is 9.65. The topological polar surface area (TPSA) is 52.6 Å². The molecule has 2 aromatic heterocycles. The van der Waals surface area contributed by atoms with E-state index in [0.29, 0.717) is 51.6 Å². The minimum atomic E-state index is -4.39. The molecule has 1 fully saturated rings. The number of nitrogens with zero attached hydrogens (tertiary/aromatic N) is 5. The lowest BCUT2D eigenvalue weighted by Gasteiger charge is -2.36. The number of aromatic nitrogens is 2. The molecule has 1 saturated heterocycles. The predicted octanol–water partition coefficient (Wildman–Crippen LogP) is 4.09. The maximum absolute atomic E-state index is 12.9. The van der Waals surface area contributed by atoms with Crippen LogP contribution in [0.4, 0.5) is 19.0 Å². The maximum atomic E-state index is 12.9. The number of carbonyl (C=O) groups is 1. The smallest absolute Gasteiger partial charge is 0.354 e. The molecule has 0 saturated carbocycles. The molecule has 0 radical (unpaired) electrons. The summed E-state index contributed by atoms with van der Waals surface area (Å²) in [5.41, 5.74) is 2.64. The van der Waals surface area contributed by atoms with E-state index in [4.69, 9.17) is 0 Å². The lowest BCUT2D eigenvalue weighted by atomic mass is 9.98. The molecule has 2 aliphatic rings. The van der Waals surface area contributed by atoms with Crippen LogP contribution in [-0.4, -0.2) is 71.5 Å². The molecule has 0 spiro atoms. The van der Waals surface area contributed by atoms with Gasteiger partial charge in [-0.05, 0) is 47.9 Å². The van der Waals surface area contributed by atoms with E-state index in [1.165, 1.54) is 17.2 Å². The summed E-state index contributed by atoms with van der Waals surface area (Å²) in [5, 5.41) is 1.11. The Morgan fingerprint density at radius 2 is 1.80 bits per heavy atom. The molecule has 6 nitrogen and oxygen atoms in total. The van der Waals surface area contributed by atoms with Crippen LogP contribution in [0.2, 0.25) is 0 Å². The van der Waals surface area contributed by atoms with E-state index in [-0.39, 0.29) is 5.91 Å². The zero-order chi connectivity index (χ0) is 24.4. The van der Waals surface area contributed by atoms with Gasteiger partial charge in [-0.1, -0.05) is 18.2 Å². The van der Waals surface area contributed by atoms with Crippen molar-refractivity contribution in [1.29, 1.82) is 0 Å². The van der Waals surface area contributed by atoms with Crippen molar-refractivity contribution in [2.75, 3.05) is 50.7 Å². The molecule has 182 valence electrons. The Kier molecular flexibility index (Phi) is 6.42. The van der Waals surface area contributed by atoms with Crippen LogP contribution in [0, 0.1) is 0 Å². The second-order valence-electron chi connectivity index (χ2n) is 8.90. The Morgan fingerprint density at radius 1 is 0.971 bits per heavy atom. The third-order valence-electron chi connectivity index (χ3n) is 6.67. The number of hydrogen-bond acceptors (Lipinski definition) is 5. The molecular weight excluding hydrogens is 455 g/mol. The average molecular weight is 482 g/mol. The summed E-state index contributed by atoms with van der Waals surface area (Å²) in [6, 6.07) is 12.7. The predicted molar refractivity (Wildman–Crippen MR) is 129 cm³/mol. The van der Waals surface area contributed by atoms with Crippen LogP contribution in [-0.2, 0) is 11.0 Å². The van der Waals surface area contributed by atoms with Crippen molar-refractivity contribution >= 4 is 28.2 Å². The molecule has 9 heteroatoms. The van der Waals surface area contributed by atoms with Crippen molar-refractivity contribution in [3.8, 4) is 0 Å². The van der Waals surface area contributed by atoms with Gasteiger partial charge in [0, 0.05) is 57.0 Å². The molecule has 4 heterocycles. The van der Waals surface area contributed by atoms with Gasteiger partial charge >= 0.3 is 6.18 Å². The van der Waals surface area contributed by atoms with Crippen LogP contribution in [0.25, 0.3) is 16.5 Å². The number of alkyl halides is 3. The number of rotatable bonds is 4. The summed E-state index contributed by atoms with van der Waals surface area (Å²) < 4.78 is 38.3. The van der Waals surface area contributed by atoms with E-state index in [1.807, 2.05) is 21.9 Å². The van der Waals surface area contributed by atoms with Gasteiger partial charge < -0.3 is 9.80 Å². The number of pyridine rings is 2. The summed E-state index contributed by atoms with van der Waals surface area (Å²) in [6.07, 6.45) is 1.22. The van der Waals surface area contributed by atoms with Crippen molar-refractivity contribution in [3.63, 3.8) is 0 Å². The minimum Gasteiger partial charge on any atom is -0.354 e. The maximum Gasteiger partial charge on any atom is 0.417 e. The zero-order valence-electron chi connectivity index (χ0n) is 19.2. The Bertz CT molecular complexity index is 1230. The van der Waals surface area contributed by atoms with Crippen LogP contribution in [0.5, 0.6) is 0 Å². The Labute approximate surface area is 201 Å². The van der Waals surface area contributed by atoms with Crippen LogP contribution < -0.4 is 4.90 Å². The highest BCUT2D eigenvalue weighted by Crippen LogP contribution is 2.29. The molecular formula is C26H26F3N5O. The molecule has 0 N–H and O–H groups in total. The van der Waals surface area contributed by atoms with Crippen molar-refractivity contribution in [3.05, 3.63) is 72.1 Å². The standard InChI is InChI=1S/C26H26F3N5O/c27-26(28,29)22-4-6-24(31-17-22)33-14-12-32(13-15-33)18-25(35)34-10-7-19(8-11-34)20-3-5-23-21(16-20)2-1-9-30-23/h1-7,9,16-17H,8,10-15,18H2. The molecule has 1 aromatic carbocycles. The van der Waals surface area contributed by atoms with E-state index in [1.54, 1.807) is 6.20 Å². The summed E-state index contributed by atoms with van der Waals surface area (Å²) in [7, 11) is 0. The molecule has 0 bridgehead atoms. The molecule has 1 amide bonds. The molecule has 0 atom stereocenters. The zero-order valence-corrected chi connectivity index (χ0v) is 19.2. The summed E-state index contributed by atoms with van der Waals surface area (Å²) >= 11 is 0. The Morgan fingerprint density at radius 3 is 2.49 bits per heavy atom. The van der Waals surface area contributed by atoms with Crippen molar-refractivity contribution < 1.29 is 18.0 Å². The summed E-state index contributed by atoms with van der Waals surface area (Å²) in [6.45, 7) is 4.18. The summed E-state index contributed by atoms with van der Waals surface area (Å²) in [5.74, 6) is 0.631. The van der Waals surface area contributed by atoms with Crippen LogP contribution in [0.3, 0.4) is 0 Å². The normalized spacial score (nSPS) is 17.5. The number of halogens is 3. The van der Waals surface area contributed by atoms with E-state index < -0.39 is 11.7 Å². The van der Waals surface area contributed by atoms with Crippen LogP contribution in [0.15, 0.2) is 60.9 Å². The van der Waals surface area contributed by atoms with Gasteiger partial charge in [0.1, 0.15) is 5.82 Å². The lowest BCUT2D eigenvalue weighted by Crippen LogP contribution is -2.50. The number of anilines is 1. The monoisotopic (exact) mass is 481 g/mol. The van der Waals surface area contributed by atoms with Gasteiger partial charge in [-0.3, -0.25) is 14.7 Å². The highest BCUT2D eigenvalue weighted by atomic mass is 19.4. The van der Waals surface area contributed by atoms with Gasteiger partial charge in [-0.2, -0.15) is 13.2 Å². The van der Waals surface area contributed by atoms with E-state index >= 15 is 0 Å². The van der Waals surface area contributed by atoms with Gasteiger partial charge in [0.2, 0.25) is 5.91 Å². The van der Waals surface area contributed by atoms with Crippen molar-refractivity contribution in [2.24, 2.45) is 0 Å². The van der Waals surface area contributed by atoms with Crippen LogP contribution >= 0.6 is 0 Å². The fourth-order valence-corrected chi connectivity index (χ4v) is 4.60. The quantitative estimate of drug-likeness (QED) is 0.562. The fraction of sp³-hybridized carbons (Fsp3) is 0.346. The van der Waals surface area contributed by atoms with Gasteiger partial charge in [-0.25, -0.2) is 4.98 Å². The number of fused-ring (bicyclic) bond motifs is 1. The van der Waals surface area contributed by atoms with Gasteiger partial charge in [-0.15, -0.1) is 0 Å². The van der Waals surface area contributed by atoms with E-state index in [9.17, 15) is 18.0 Å². The highest BCUT2D eigenvalue weighted by Gasteiger charge is 2.31. The van der Waals surface area contributed by atoms with Gasteiger partial charge in [0.25, 0.3) is 0 Å². The van der Waals surface area contributed by atoms with Crippen molar-refractivity contribution in [1.82, 2.24) is 19.8 Å². The third kappa shape index (κ3) is 5.30. The van der Waals surface area contributed by atoms with Crippen molar-refractivity contribution in [2.45, 2.75) is 12.6 Å². The summed E-state index contributed by atoms with van der Waals surface area (Å²) in [4.78, 5) is 27.2. The van der Waals surface area contributed by atoms with Crippen LogP contribution in [0.1, 0.15) is 17.5 Å². The van der Waals surface area contributed by atoms with E-state index in [2.05, 4.69) is 39.1 Å². The molecule has 35 heavy (non-hydrogen) atoms. The number of benzene rings is 1.